The molecule has 2 aromatic rings. The van der Waals surface area contributed by atoms with Crippen LogP contribution in [-0.4, -0.2) is 34.5 Å². The molecule has 26 heavy (non-hydrogen) atoms. The molecule has 2 amide bonds. The van der Waals surface area contributed by atoms with Crippen molar-refractivity contribution in [1.82, 2.24) is 9.88 Å². The van der Waals surface area contributed by atoms with Crippen molar-refractivity contribution in [2.24, 2.45) is 0 Å². The third-order valence-electron chi connectivity index (χ3n) is 4.18. The lowest BCUT2D eigenvalue weighted by atomic mass is 10.1. The Labute approximate surface area is 157 Å². The summed E-state index contributed by atoms with van der Waals surface area (Å²) in [6, 6.07) is 7.98. The number of aryl methyl sites for hydroxylation is 1. The van der Waals surface area contributed by atoms with E-state index >= 15 is 0 Å². The van der Waals surface area contributed by atoms with Crippen LogP contribution >= 0.6 is 11.3 Å². The number of nitrogens with one attached hydrogen (secondary N) is 1. The molecule has 1 aliphatic rings. The number of carbonyl (C=O) groups is 2. The van der Waals surface area contributed by atoms with Crippen molar-refractivity contribution < 1.29 is 14.3 Å². The number of nitrogens with zero attached hydrogens (tertiary/aromatic N) is 2. The predicted octanol–water partition coefficient (Wildman–Crippen LogP) is 4.08. The van der Waals surface area contributed by atoms with Crippen molar-refractivity contribution >= 4 is 29.0 Å². The summed E-state index contributed by atoms with van der Waals surface area (Å²) in [5.41, 5.74) is 2.28. The number of aromatic nitrogens is 1. The van der Waals surface area contributed by atoms with Crippen molar-refractivity contribution in [3.63, 3.8) is 0 Å². The summed E-state index contributed by atoms with van der Waals surface area (Å²) in [6.45, 7) is 4.56. The lowest BCUT2D eigenvalue weighted by Crippen LogP contribution is -2.36. The molecule has 1 N–H and O–H groups in total. The number of hydrogen-bond donors (Lipinski definition) is 1. The van der Waals surface area contributed by atoms with E-state index in [0.717, 1.165) is 30.0 Å². The molecule has 0 bridgehead atoms. The van der Waals surface area contributed by atoms with Crippen LogP contribution in [0.15, 0.2) is 29.6 Å². The molecule has 3 rings (SSSR count). The summed E-state index contributed by atoms with van der Waals surface area (Å²) < 4.78 is 4.97. The Bertz CT molecular complexity index is 786. The zero-order valence-corrected chi connectivity index (χ0v) is 15.8. The van der Waals surface area contributed by atoms with E-state index < -0.39 is 5.97 Å². The first-order valence-corrected chi connectivity index (χ1v) is 9.76. The molecule has 1 aliphatic carbocycles. The Hall–Kier alpha value is -2.41. The fourth-order valence-electron chi connectivity index (χ4n) is 2.65. The summed E-state index contributed by atoms with van der Waals surface area (Å²) in [4.78, 5) is 30.6. The van der Waals surface area contributed by atoms with Crippen molar-refractivity contribution in [2.75, 3.05) is 11.9 Å². The Morgan fingerprint density at radius 3 is 2.85 bits per heavy atom. The van der Waals surface area contributed by atoms with E-state index in [4.69, 9.17) is 4.74 Å². The summed E-state index contributed by atoms with van der Waals surface area (Å²) in [5.74, 6) is -0.422. The van der Waals surface area contributed by atoms with Gasteiger partial charge in [-0.05, 0) is 43.9 Å². The molecule has 0 aliphatic heterocycles. The number of urea groups is 1. The number of carbonyl (C=O) groups excluding carboxylic acids is 2. The van der Waals surface area contributed by atoms with Gasteiger partial charge in [-0.2, -0.15) is 0 Å². The van der Waals surface area contributed by atoms with E-state index in [1.165, 1.54) is 16.9 Å². The van der Waals surface area contributed by atoms with E-state index in [1.54, 1.807) is 17.2 Å². The van der Waals surface area contributed by atoms with Gasteiger partial charge in [0.15, 0.2) is 5.69 Å². The number of esters is 1. The minimum Gasteiger partial charge on any atom is -0.461 e. The third kappa shape index (κ3) is 4.60. The number of ether oxygens (including phenoxy) is 1. The van der Waals surface area contributed by atoms with Gasteiger partial charge in [-0.25, -0.2) is 14.6 Å². The van der Waals surface area contributed by atoms with E-state index in [2.05, 4.69) is 17.2 Å². The molecule has 1 saturated carbocycles. The monoisotopic (exact) mass is 373 g/mol. The highest BCUT2D eigenvalue weighted by Gasteiger charge is 2.33. The largest absolute Gasteiger partial charge is 0.461 e. The molecular formula is C19H23N3O3S. The van der Waals surface area contributed by atoms with Crippen molar-refractivity contribution in [2.45, 2.75) is 45.7 Å². The normalized spacial score (nSPS) is 13.3. The second-order valence-electron chi connectivity index (χ2n) is 6.19. The van der Waals surface area contributed by atoms with Gasteiger partial charge >= 0.3 is 12.0 Å². The topological polar surface area (TPSA) is 71.5 Å². The first-order chi connectivity index (χ1) is 12.6. The molecule has 0 saturated heterocycles. The smallest absolute Gasteiger partial charge is 0.357 e. The summed E-state index contributed by atoms with van der Waals surface area (Å²) in [6.07, 6.45) is 2.92. The Morgan fingerprint density at radius 1 is 1.35 bits per heavy atom. The maximum Gasteiger partial charge on any atom is 0.357 e. The van der Waals surface area contributed by atoms with Crippen LogP contribution in [0.5, 0.6) is 0 Å². The molecular weight excluding hydrogens is 350 g/mol. The molecule has 1 aromatic carbocycles. The van der Waals surface area contributed by atoms with Gasteiger partial charge in [0, 0.05) is 17.1 Å². The first kappa shape index (κ1) is 18.4. The highest BCUT2D eigenvalue weighted by atomic mass is 32.1. The van der Waals surface area contributed by atoms with Gasteiger partial charge in [-0.3, -0.25) is 0 Å². The Kier molecular flexibility index (Phi) is 5.88. The van der Waals surface area contributed by atoms with Crippen molar-refractivity contribution in [1.29, 1.82) is 0 Å². The number of thiazole rings is 1. The standard InChI is InChI=1S/C19H23N3O3S/c1-3-13-6-5-7-14(10-13)20-19(24)22(15-8-9-15)11-17-21-16(12-26-17)18(23)25-4-2/h5-7,10,12,15H,3-4,8-9,11H2,1-2H3,(H,20,24). The van der Waals surface area contributed by atoms with E-state index in [0.29, 0.717) is 18.8 Å². The minimum absolute atomic E-state index is 0.131. The highest BCUT2D eigenvalue weighted by molar-refractivity contribution is 7.09. The molecule has 0 atom stereocenters. The van der Waals surface area contributed by atoms with Gasteiger partial charge in [0.25, 0.3) is 0 Å². The van der Waals surface area contributed by atoms with Crippen LogP contribution in [0.25, 0.3) is 0 Å². The average Bonchev–Trinajstić information content (AvgIpc) is 3.37. The molecule has 138 valence electrons. The Morgan fingerprint density at radius 2 is 2.15 bits per heavy atom. The SMILES string of the molecule is CCOC(=O)c1csc(CN(C(=O)Nc2cccc(CC)c2)C2CC2)n1. The van der Waals surface area contributed by atoms with Crippen LogP contribution in [0.3, 0.4) is 0 Å². The highest BCUT2D eigenvalue weighted by Crippen LogP contribution is 2.29. The lowest BCUT2D eigenvalue weighted by molar-refractivity contribution is 0.0520. The van der Waals surface area contributed by atoms with Gasteiger partial charge in [-0.1, -0.05) is 19.1 Å². The number of rotatable bonds is 7. The van der Waals surface area contributed by atoms with Gasteiger partial charge in [0.1, 0.15) is 5.01 Å². The number of amides is 2. The number of benzene rings is 1. The summed E-state index contributed by atoms with van der Waals surface area (Å²) in [7, 11) is 0. The maximum atomic E-state index is 12.7. The summed E-state index contributed by atoms with van der Waals surface area (Å²) >= 11 is 1.37. The first-order valence-electron chi connectivity index (χ1n) is 8.88. The van der Waals surface area contributed by atoms with E-state index in [-0.39, 0.29) is 12.1 Å². The van der Waals surface area contributed by atoms with E-state index in [9.17, 15) is 9.59 Å². The van der Waals surface area contributed by atoms with E-state index in [1.807, 2.05) is 24.3 Å². The predicted molar refractivity (Wildman–Crippen MR) is 101 cm³/mol. The fraction of sp³-hybridized carbons (Fsp3) is 0.421. The van der Waals surface area contributed by atoms with Gasteiger partial charge in [-0.15, -0.1) is 11.3 Å². The van der Waals surface area contributed by atoms with Crippen LogP contribution in [0.1, 0.15) is 47.7 Å². The second-order valence-corrected chi connectivity index (χ2v) is 7.13. The zero-order chi connectivity index (χ0) is 18.5. The summed E-state index contributed by atoms with van der Waals surface area (Å²) in [5, 5.41) is 5.40. The molecule has 1 fully saturated rings. The second kappa shape index (κ2) is 8.31. The molecule has 1 aromatic heterocycles. The lowest BCUT2D eigenvalue weighted by Gasteiger charge is -2.22. The molecule has 0 radical (unpaired) electrons. The average molecular weight is 373 g/mol. The number of hydrogen-bond acceptors (Lipinski definition) is 5. The van der Waals surface area contributed by atoms with Gasteiger partial charge in [0.05, 0.1) is 13.2 Å². The van der Waals surface area contributed by atoms with Crippen molar-refractivity contribution in [3.8, 4) is 0 Å². The van der Waals surface area contributed by atoms with Crippen LogP contribution < -0.4 is 5.32 Å². The molecule has 0 spiro atoms. The minimum atomic E-state index is -0.422. The third-order valence-corrected chi connectivity index (χ3v) is 5.01. The fourth-order valence-corrected chi connectivity index (χ4v) is 3.41. The van der Waals surface area contributed by atoms with Crippen LogP contribution in [-0.2, 0) is 17.7 Å². The maximum absolute atomic E-state index is 12.7. The van der Waals surface area contributed by atoms with Crippen molar-refractivity contribution in [3.05, 3.63) is 45.9 Å². The molecule has 1 heterocycles. The van der Waals surface area contributed by atoms with Gasteiger partial charge < -0.3 is 15.0 Å². The van der Waals surface area contributed by atoms with Crippen LogP contribution in [0.4, 0.5) is 10.5 Å². The van der Waals surface area contributed by atoms with Crippen LogP contribution in [0.2, 0.25) is 0 Å². The van der Waals surface area contributed by atoms with Crippen LogP contribution in [0, 0.1) is 0 Å². The molecule has 7 heteroatoms. The number of anilines is 1. The quantitative estimate of drug-likeness (QED) is 0.743. The molecule has 6 nitrogen and oxygen atoms in total. The molecule has 0 unspecified atom stereocenters. The zero-order valence-electron chi connectivity index (χ0n) is 15.0. The Balaban J connectivity index is 1.67. The van der Waals surface area contributed by atoms with Gasteiger partial charge in [0.2, 0.25) is 0 Å².